The molecule has 1 aliphatic rings. The van der Waals surface area contributed by atoms with Gasteiger partial charge in [0, 0.05) is 20.8 Å². The molecule has 0 bridgehead atoms. The van der Waals surface area contributed by atoms with Crippen molar-refractivity contribution in [1.29, 1.82) is 0 Å². The third-order valence-corrected chi connectivity index (χ3v) is 7.63. The molecule has 1 aliphatic heterocycles. The van der Waals surface area contributed by atoms with E-state index in [0.717, 1.165) is 0 Å². The summed E-state index contributed by atoms with van der Waals surface area (Å²) in [6.45, 7) is 3.11. The molecule has 3 aromatic rings. The van der Waals surface area contributed by atoms with Crippen molar-refractivity contribution in [2.75, 3.05) is 10.9 Å². The van der Waals surface area contributed by atoms with Gasteiger partial charge >= 0.3 is 17.9 Å². The van der Waals surface area contributed by atoms with Crippen molar-refractivity contribution in [3.63, 3.8) is 0 Å². The number of sulfonamides is 1. The molecule has 40 heavy (non-hydrogen) atoms. The number of benzene rings is 2. The second-order valence-corrected chi connectivity index (χ2v) is 10.7. The van der Waals surface area contributed by atoms with Crippen LogP contribution in [0.15, 0.2) is 71.8 Å². The SMILES string of the molecule is CC(=O)OC[C@H]1O[C@@H](n2cc(CN(c3ccccc3)S(=O)(=O)c3ccccc3)nn2)[C@H](OC(C)=O)[C@@H]1OC(C)=O. The summed E-state index contributed by atoms with van der Waals surface area (Å²) in [5.41, 5.74) is 0.660. The summed E-state index contributed by atoms with van der Waals surface area (Å²) in [4.78, 5) is 35.2. The predicted molar refractivity (Wildman–Crippen MR) is 138 cm³/mol. The molecule has 2 aromatic carbocycles. The number of para-hydroxylation sites is 1. The molecule has 2 heterocycles. The number of esters is 3. The van der Waals surface area contributed by atoms with Gasteiger partial charge in [-0.15, -0.1) is 5.10 Å². The first-order valence-electron chi connectivity index (χ1n) is 12.2. The average Bonchev–Trinajstić information content (AvgIpc) is 3.51. The summed E-state index contributed by atoms with van der Waals surface area (Å²) >= 11 is 0. The van der Waals surface area contributed by atoms with E-state index in [2.05, 4.69) is 10.3 Å². The first-order chi connectivity index (χ1) is 19.1. The molecule has 0 aliphatic carbocycles. The van der Waals surface area contributed by atoms with Crippen LogP contribution in [0.1, 0.15) is 32.7 Å². The van der Waals surface area contributed by atoms with Crippen LogP contribution in [0.3, 0.4) is 0 Å². The van der Waals surface area contributed by atoms with Crippen LogP contribution < -0.4 is 4.31 Å². The third-order valence-electron chi connectivity index (χ3n) is 5.84. The van der Waals surface area contributed by atoms with Crippen LogP contribution in [0.5, 0.6) is 0 Å². The van der Waals surface area contributed by atoms with E-state index in [0.29, 0.717) is 5.69 Å². The van der Waals surface area contributed by atoms with Crippen molar-refractivity contribution in [2.45, 2.75) is 56.8 Å². The van der Waals surface area contributed by atoms with Crippen molar-refractivity contribution in [3.05, 3.63) is 72.6 Å². The zero-order chi connectivity index (χ0) is 28.9. The van der Waals surface area contributed by atoms with Crippen LogP contribution in [0.25, 0.3) is 0 Å². The summed E-state index contributed by atoms with van der Waals surface area (Å²) < 4.78 is 51.4. The molecule has 1 saturated heterocycles. The van der Waals surface area contributed by atoms with Crippen LogP contribution in [0.2, 0.25) is 0 Å². The monoisotopic (exact) mass is 572 g/mol. The minimum absolute atomic E-state index is 0.0952. The second kappa shape index (κ2) is 12.3. The Morgan fingerprint density at radius 2 is 1.50 bits per heavy atom. The first kappa shape index (κ1) is 28.7. The topological polar surface area (TPSA) is 156 Å². The van der Waals surface area contributed by atoms with Gasteiger partial charge < -0.3 is 18.9 Å². The van der Waals surface area contributed by atoms with Gasteiger partial charge in [-0.05, 0) is 24.3 Å². The van der Waals surface area contributed by atoms with E-state index in [1.54, 1.807) is 48.5 Å². The number of carbonyl (C=O) groups is 3. The lowest BCUT2D eigenvalue weighted by Crippen LogP contribution is -2.40. The Hall–Kier alpha value is -4.30. The molecule has 4 atom stereocenters. The molecular formula is C26H28N4O9S. The highest BCUT2D eigenvalue weighted by Gasteiger charge is 2.51. The Bertz CT molecular complexity index is 1450. The van der Waals surface area contributed by atoms with Crippen LogP contribution in [-0.4, -0.2) is 66.2 Å². The number of hydrogen-bond acceptors (Lipinski definition) is 11. The van der Waals surface area contributed by atoms with Gasteiger partial charge in [0.05, 0.1) is 23.3 Å². The molecule has 14 heteroatoms. The van der Waals surface area contributed by atoms with Crippen molar-refractivity contribution < 1.29 is 41.7 Å². The zero-order valence-electron chi connectivity index (χ0n) is 21.9. The molecule has 0 radical (unpaired) electrons. The molecule has 0 unspecified atom stereocenters. The van der Waals surface area contributed by atoms with E-state index in [9.17, 15) is 22.8 Å². The summed E-state index contributed by atoms with van der Waals surface area (Å²) in [5, 5.41) is 8.21. The van der Waals surface area contributed by atoms with Crippen LogP contribution in [0, 0.1) is 0 Å². The molecule has 1 aromatic heterocycles. The molecular weight excluding hydrogens is 544 g/mol. The molecule has 0 saturated carbocycles. The number of rotatable bonds is 10. The minimum atomic E-state index is -3.99. The Morgan fingerprint density at radius 3 is 2.10 bits per heavy atom. The molecule has 1 fully saturated rings. The lowest BCUT2D eigenvalue weighted by Gasteiger charge is -2.24. The van der Waals surface area contributed by atoms with E-state index in [-0.39, 0.29) is 23.7 Å². The summed E-state index contributed by atoms with van der Waals surface area (Å²) in [7, 11) is -3.99. The highest BCUT2D eigenvalue weighted by atomic mass is 32.2. The second-order valence-electron chi connectivity index (χ2n) is 8.87. The number of carbonyl (C=O) groups excluding carboxylic acids is 3. The van der Waals surface area contributed by atoms with Crippen LogP contribution >= 0.6 is 0 Å². The number of hydrogen-bond donors (Lipinski definition) is 0. The lowest BCUT2D eigenvalue weighted by molar-refractivity contribution is -0.166. The molecule has 0 spiro atoms. The molecule has 0 amide bonds. The maximum atomic E-state index is 13.6. The number of ether oxygens (including phenoxy) is 4. The standard InChI is InChI=1S/C26H28N4O9S/c1-17(31)36-16-23-24(37-18(2)32)25(38-19(3)33)26(39-23)29-14-20(27-28-29)15-30(21-10-6-4-7-11-21)40(34,35)22-12-8-5-9-13-22/h4-14,23-26H,15-16H2,1-3H3/t23-,24-,25-,26-/m1/s1. The molecule has 0 N–H and O–H groups in total. The van der Waals surface area contributed by atoms with Gasteiger partial charge in [-0.25, -0.2) is 13.1 Å². The highest BCUT2D eigenvalue weighted by molar-refractivity contribution is 7.92. The lowest BCUT2D eigenvalue weighted by atomic mass is 10.1. The fourth-order valence-corrected chi connectivity index (χ4v) is 5.65. The molecule has 13 nitrogen and oxygen atoms in total. The van der Waals surface area contributed by atoms with Gasteiger partial charge in [-0.1, -0.05) is 41.6 Å². The van der Waals surface area contributed by atoms with Crippen molar-refractivity contribution in [1.82, 2.24) is 15.0 Å². The van der Waals surface area contributed by atoms with Gasteiger partial charge in [0.25, 0.3) is 10.0 Å². The predicted octanol–water partition coefficient (Wildman–Crippen LogP) is 2.00. The number of nitrogens with zero attached hydrogens (tertiary/aromatic N) is 4. The minimum Gasteiger partial charge on any atom is -0.463 e. The van der Waals surface area contributed by atoms with E-state index in [1.165, 1.54) is 48.1 Å². The van der Waals surface area contributed by atoms with Gasteiger partial charge in [0.15, 0.2) is 18.4 Å². The third kappa shape index (κ3) is 6.63. The fourth-order valence-electron chi connectivity index (χ4n) is 4.19. The van der Waals surface area contributed by atoms with E-state index in [1.807, 2.05) is 0 Å². The number of anilines is 1. The molecule has 212 valence electrons. The Morgan fingerprint density at radius 1 is 0.900 bits per heavy atom. The maximum absolute atomic E-state index is 13.6. The van der Waals surface area contributed by atoms with Crippen LogP contribution in [-0.2, 0) is 49.9 Å². The smallest absolute Gasteiger partial charge is 0.303 e. The van der Waals surface area contributed by atoms with Crippen molar-refractivity contribution in [2.24, 2.45) is 0 Å². The van der Waals surface area contributed by atoms with Crippen LogP contribution in [0.4, 0.5) is 5.69 Å². The Balaban J connectivity index is 1.65. The van der Waals surface area contributed by atoms with Gasteiger partial charge in [-0.2, -0.15) is 0 Å². The van der Waals surface area contributed by atoms with E-state index >= 15 is 0 Å². The fraction of sp³-hybridized carbons (Fsp3) is 0.346. The Labute approximate surface area is 230 Å². The largest absolute Gasteiger partial charge is 0.463 e. The summed E-state index contributed by atoms with van der Waals surface area (Å²) in [5.74, 6) is -1.92. The van der Waals surface area contributed by atoms with E-state index < -0.39 is 52.5 Å². The average molecular weight is 573 g/mol. The normalized spacial score (nSPS) is 20.5. The van der Waals surface area contributed by atoms with Gasteiger partial charge in [-0.3, -0.25) is 18.7 Å². The van der Waals surface area contributed by atoms with Crippen molar-refractivity contribution in [3.8, 4) is 0 Å². The summed E-state index contributed by atoms with van der Waals surface area (Å²) in [6.07, 6.45) is -2.93. The highest BCUT2D eigenvalue weighted by Crippen LogP contribution is 2.34. The van der Waals surface area contributed by atoms with Gasteiger partial charge in [0.2, 0.25) is 0 Å². The quantitative estimate of drug-likeness (QED) is 0.259. The van der Waals surface area contributed by atoms with Gasteiger partial charge in [0.1, 0.15) is 18.4 Å². The molecule has 4 rings (SSSR count). The van der Waals surface area contributed by atoms with E-state index in [4.69, 9.17) is 18.9 Å². The number of aromatic nitrogens is 3. The zero-order valence-corrected chi connectivity index (χ0v) is 22.8. The van der Waals surface area contributed by atoms with Crippen molar-refractivity contribution >= 4 is 33.6 Å². The summed E-state index contributed by atoms with van der Waals surface area (Å²) in [6, 6.07) is 16.5. The Kier molecular flexibility index (Phi) is 8.80. The maximum Gasteiger partial charge on any atom is 0.303 e. The first-order valence-corrected chi connectivity index (χ1v) is 13.7.